The van der Waals surface area contributed by atoms with Crippen molar-refractivity contribution in [3.05, 3.63) is 69.8 Å². The largest absolute Gasteiger partial charge is 0.573 e. The summed E-state index contributed by atoms with van der Waals surface area (Å²) in [5.74, 6) is -4.41. The number of methoxy groups -OCH3 is 2. The molecule has 0 saturated carbocycles. The van der Waals surface area contributed by atoms with Crippen molar-refractivity contribution in [2.45, 2.75) is 12.4 Å². The first-order chi connectivity index (χ1) is 16.5. The van der Waals surface area contributed by atoms with Crippen molar-refractivity contribution in [1.29, 1.82) is 0 Å². The third-order valence-electron chi connectivity index (χ3n) is 4.47. The molecule has 0 bridgehead atoms. The maximum absolute atomic E-state index is 14.4. The monoisotopic (exact) mass is 500 g/mol. The van der Waals surface area contributed by atoms with Crippen LogP contribution in [0.2, 0.25) is 0 Å². The Hall–Kier alpha value is -4.07. The van der Waals surface area contributed by atoms with E-state index in [9.17, 15) is 31.5 Å². The molecular formula is C21H17F5N4O5. The average molecular weight is 500 g/mol. The predicted octanol–water partition coefficient (Wildman–Crippen LogP) is 3.13. The van der Waals surface area contributed by atoms with Crippen molar-refractivity contribution in [2.24, 2.45) is 0 Å². The first kappa shape index (κ1) is 25.6. The van der Waals surface area contributed by atoms with Gasteiger partial charge in [0.05, 0.1) is 26.0 Å². The second-order valence-corrected chi connectivity index (χ2v) is 6.90. The molecule has 0 fully saturated rings. The van der Waals surface area contributed by atoms with Crippen molar-refractivity contribution < 1.29 is 41.0 Å². The zero-order valence-electron chi connectivity index (χ0n) is 18.1. The Bertz CT molecular complexity index is 1280. The molecule has 3 aromatic rings. The Labute approximate surface area is 193 Å². The van der Waals surface area contributed by atoms with Gasteiger partial charge in [-0.05, 0) is 17.7 Å². The number of rotatable bonds is 8. The molecule has 2 heterocycles. The molecule has 0 spiro atoms. The van der Waals surface area contributed by atoms with Gasteiger partial charge in [-0.2, -0.15) is 0 Å². The van der Waals surface area contributed by atoms with E-state index in [0.29, 0.717) is 0 Å². The Kier molecular flexibility index (Phi) is 7.64. The summed E-state index contributed by atoms with van der Waals surface area (Å²) in [6.45, 7) is -0.213. The molecule has 2 N–H and O–H groups in total. The van der Waals surface area contributed by atoms with E-state index < -0.39 is 46.9 Å². The van der Waals surface area contributed by atoms with Gasteiger partial charge in [0.1, 0.15) is 17.1 Å². The summed E-state index contributed by atoms with van der Waals surface area (Å²) in [4.78, 5) is 34.9. The van der Waals surface area contributed by atoms with E-state index in [4.69, 9.17) is 9.47 Å². The molecule has 2 aromatic heterocycles. The van der Waals surface area contributed by atoms with Crippen molar-refractivity contribution in [2.75, 3.05) is 20.8 Å². The van der Waals surface area contributed by atoms with E-state index in [2.05, 4.69) is 25.0 Å². The van der Waals surface area contributed by atoms with Gasteiger partial charge >= 0.3 is 6.36 Å². The smallest absolute Gasteiger partial charge is 0.495 e. The molecule has 0 radical (unpaired) electrons. The lowest BCUT2D eigenvalue weighted by Crippen LogP contribution is -2.33. The molecule has 0 aliphatic heterocycles. The number of ether oxygens (including phenoxy) is 3. The lowest BCUT2D eigenvalue weighted by molar-refractivity contribution is -0.275. The van der Waals surface area contributed by atoms with Crippen molar-refractivity contribution in [3.8, 4) is 23.0 Å². The topological polar surface area (TPSA) is 115 Å². The fraction of sp³-hybridized carbons (Fsp3) is 0.238. The van der Waals surface area contributed by atoms with Crippen molar-refractivity contribution in [1.82, 2.24) is 20.3 Å². The number of nitrogens with one attached hydrogen (secondary N) is 2. The summed E-state index contributed by atoms with van der Waals surface area (Å²) < 4.78 is 79.1. The number of nitrogens with zero attached hydrogens (tertiary/aromatic N) is 2. The summed E-state index contributed by atoms with van der Waals surface area (Å²) in [6.07, 6.45) is -3.91. The maximum atomic E-state index is 14.4. The maximum Gasteiger partial charge on any atom is 0.573 e. The molecule has 3 rings (SSSR count). The van der Waals surface area contributed by atoms with Crippen LogP contribution in [0.5, 0.6) is 11.5 Å². The van der Waals surface area contributed by atoms with Crippen LogP contribution in [0, 0.1) is 11.6 Å². The van der Waals surface area contributed by atoms with Gasteiger partial charge in [-0.3, -0.25) is 9.59 Å². The molecule has 186 valence electrons. The standard InChI is InChI=1S/C21H17F5N4O5/c1-33-9-15(10-3-4-16(12(22)5-10)35-21(24,25)26)29-20(32)14-7-17(31)30-19(28-14)18-13(23)6-11(34-2)8-27-18/h3-8,15H,9H2,1-2H3,(H,29,32)(H,28,30,31). The number of benzene rings is 1. The fourth-order valence-corrected chi connectivity index (χ4v) is 2.95. The van der Waals surface area contributed by atoms with Gasteiger partial charge in [0.2, 0.25) is 0 Å². The minimum atomic E-state index is -5.09. The summed E-state index contributed by atoms with van der Waals surface area (Å²) in [6, 6.07) is 3.37. The van der Waals surface area contributed by atoms with Crippen LogP contribution in [0.4, 0.5) is 22.0 Å². The van der Waals surface area contributed by atoms with Crippen molar-refractivity contribution in [3.63, 3.8) is 0 Å². The molecule has 0 aliphatic rings. The third kappa shape index (κ3) is 6.50. The highest BCUT2D eigenvalue weighted by Gasteiger charge is 2.32. The molecule has 1 unspecified atom stereocenters. The van der Waals surface area contributed by atoms with Crippen LogP contribution >= 0.6 is 0 Å². The van der Waals surface area contributed by atoms with Crippen LogP contribution < -0.4 is 20.3 Å². The molecule has 9 nitrogen and oxygen atoms in total. The van der Waals surface area contributed by atoms with E-state index in [1.807, 2.05) is 0 Å². The van der Waals surface area contributed by atoms with Crippen LogP contribution in [-0.4, -0.2) is 48.0 Å². The number of aromatic amines is 1. The lowest BCUT2D eigenvalue weighted by atomic mass is 10.1. The number of hydrogen-bond donors (Lipinski definition) is 2. The van der Waals surface area contributed by atoms with Crippen LogP contribution in [0.15, 0.2) is 41.3 Å². The number of aromatic nitrogens is 3. The van der Waals surface area contributed by atoms with Gasteiger partial charge in [0, 0.05) is 19.2 Å². The van der Waals surface area contributed by atoms with Crippen LogP contribution in [0.25, 0.3) is 11.5 Å². The summed E-state index contributed by atoms with van der Waals surface area (Å²) in [5, 5.41) is 2.44. The molecule has 14 heteroatoms. The van der Waals surface area contributed by atoms with Gasteiger partial charge in [-0.1, -0.05) is 6.07 Å². The summed E-state index contributed by atoms with van der Waals surface area (Å²) in [5.41, 5.74) is -1.53. The molecule has 1 amide bonds. The van der Waals surface area contributed by atoms with Gasteiger partial charge in [-0.25, -0.2) is 18.7 Å². The first-order valence-electron chi connectivity index (χ1n) is 9.67. The minimum absolute atomic E-state index is 0.0418. The highest BCUT2D eigenvalue weighted by atomic mass is 19.4. The highest BCUT2D eigenvalue weighted by molar-refractivity contribution is 5.92. The Morgan fingerprint density at radius 2 is 1.89 bits per heavy atom. The third-order valence-corrected chi connectivity index (χ3v) is 4.47. The van der Waals surface area contributed by atoms with E-state index in [1.165, 1.54) is 20.4 Å². The number of halogens is 5. The quantitative estimate of drug-likeness (QED) is 0.457. The number of amides is 1. The Balaban J connectivity index is 1.88. The van der Waals surface area contributed by atoms with Gasteiger partial charge < -0.3 is 24.5 Å². The molecular weight excluding hydrogens is 483 g/mol. The molecule has 35 heavy (non-hydrogen) atoms. The number of alkyl halides is 3. The zero-order valence-corrected chi connectivity index (χ0v) is 18.1. The van der Waals surface area contributed by atoms with Crippen molar-refractivity contribution >= 4 is 5.91 Å². The second kappa shape index (κ2) is 10.5. The second-order valence-electron chi connectivity index (χ2n) is 6.90. The Morgan fingerprint density at radius 3 is 2.49 bits per heavy atom. The van der Waals surface area contributed by atoms with Crippen LogP contribution in [0.1, 0.15) is 22.1 Å². The minimum Gasteiger partial charge on any atom is -0.495 e. The SMILES string of the molecule is COCC(NC(=O)c1cc(=O)[nH]c(-c2ncc(OC)cc2F)n1)c1ccc(OC(F)(F)F)c(F)c1. The molecule has 0 saturated heterocycles. The van der Waals surface area contributed by atoms with Gasteiger partial charge in [-0.15, -0.1) is 13.2 Å². The summed E-state index contributed by atoms with van der Waals surface area (Å²) in [7, 11) is 2.58. The first-order valence-corrected chi connectivity index (χ1v) is 9.67. The number of pyridine rings is 1. The summed E-state index contributed by atoms with van der Waals surface area (Å²) >= 11 is 0. The van der Waals surface area contributed by atoms with Crippen LogP contribution in [0.3, 0.4) is 0 Å². The normalized spacial score (nSPS) is 12.2. The molecule has 1 aromatic carbocycles. The Morgan fingerprint density at radius 1 is 1.14 bits per heavy atom. The highest BCUT2D eigenvalue weighted by Crippen LogP contribution is 2.28. The molecule has 0 aliphatic carbocycles. The van der Waals surface area contributed by atoms with Gasteiger partial charge in [0.15, 0.2) is 23.2 Å². The van der Waals surface area contributed by atoms with E-state index in [-0.39, 0.29) is 29.4 Å². The number of carbonyl (C=O) groups is 1. The van der Waals surface area contributed by atoms with E-state index in [1.54, 1.807) is 0 Å². The van der Waals surface area contributed by atoms with Gasteiger partial charge in [0.25, 0.3) is 11.5 Å². The fourth-order valence-electron chi connectivity index (χ4n) is 2.95. The predicted molar refractivity (Wildman–Crippen MR) is 110 cm³/mol. The number of hydrogen-bond acceptors (Lipinski definition) is 7. The number of carbonyl (C=O) groups excluding carboxylic acids is 1. The molecule has 1 atom stereocenters. The van der Waals surface area contributed by atoms with E-state index >= 15 is 0 Å². The van der Waals surface area contributed by atoms with Crippen LogP contribution in [-0.2, 0) is 4.74 Å². The lowest BCUT2D eigenvalue weighted by Gasteiger charge is -2.19. The average Bonchev–Trinajstić information content (AvgIpc) is 2.78. The zero-order chi connectivity index (χ0) is 25.8. The number of H-pyrrole nitrogens is 1. The van der Waals surface area contributed by atoms with E-state index in [0.717, 1.165) is 30.3 Å².